The summed E-state index contributed by atoms with van der Waals surface area (Å²) in [5.74, 6) is -1.65. The number of carbonyl (C=O) groups excluding carboxylic acids is 4. The van der Waals surface area contributed by atoms with E-state index in [9.17, 15) is 19.2 Å². The molecule has 0 bridgehead atoms. The number of thioether (sulfide) groups is 1. The maximum absolute atomic E-state index is 13.0. The van der Waals surface area contributed by atoms with Gasteiger partial charge >= 0.3 is 5.97 Å². The van der Waals surface area contributed by atoms with Gasteiger partial charge in [-0.05, 0) is 44.4 Å². The van der Waals surface area contributed by atoms with Gasteiger partial charge in [-0.15, -0.1) is 0 Å². The van der Waals surface area contributed by atoms with Crippen molar-refractivity contribution in [3.05, 3.63) is 29.8 Å². The largest absolute Gasteiger partial charge is 0.469 e. The smallest absolute Gasteiger partial charge is 0.310 e. The zero-order chi connectivity index (χ0) is 24.7. The van der Waals surface area contributed by atoms with Crippen molar-refractivity contribution in [2.75, 3.05) is 38.6 Å². The first-order valence-corrected chi connectivity index (χ1v) is 12.5. The van der Waals surface area contributed by atoms with Gasteiger partial charge in [0.2, 0.25) is 5.91 Å². The fourth-order valence-corrected chi connectivity index (χ4v) is 5.10. The van der Waals surface area contributed by atoms with Crippen molar-refractivity contribution in [2.45, 2.75) is 44.8 Å². The number of methoxy groups -OCH3 is 1. The molecule has 9 nitrogen and oxygen atoms in total. The summed E-state index contributed by atoms with van der Waals surface area (Å²) in [6, 6.07) is 6.65. The molecule has 3 rings (SSSR count). The number of amides is 3. The van der Waals surface area contributed by atoms with Crippen molar-refractivity contribution < 1.29 is 23.9 Å². The van der Waals surface area contributed by atoms with Crippen LogP contribution in [0.5, 0.6) is 0 Å². The van der Waals surface area contributed by atoms with E-state index in [0.717, 1.165) is 31.1 Å². The van der Waals surface area contributed by atoms with Crippen LogP contribution in [-0.4, -0.2) is 77.2 Å². The highest BCUT2D eigenvalue weighted by Crippen LogP contribution is 2.29. The van der Waals surface area contributed by atoms with Crippen LogP contribution in [0.1, 0.15) is 49.9 Å². The number of aliphatic imine (C=N–C) groups is 1. The number of amidine groups is 1. The van der Waals surface area contributed by atoms with Gasteiger partial charge in [0, 0.05) is 43.9 Å². The highest BCUT2D eigenvalue weighted by Gasteiger charge is 2.33. The number of likely N-dealkylation sites (tertiary alicyclic amines) is 1. The van der Waals surface area contributed by atoms with Gasteiger partial charge in [-0.25, -0.2) is 0 Å². The lowest BCUT2D eigenvalue weighted by atomic mass is 10.1. The second kappa shape index (κ2) is 12.0. The topological polar surface area (TPSA) is 108 Å². The van der Waals surface area contributed by atoms with Gasteiger partial charge < -0.3 is 19.9 Å². The van der Waals surface area contributed by atoms with E-state index in [4.69, 9.17) is 4.74 Å². The van der Waals surface area contributed by atoms with Crippen molar-refractivity contribution >= 4 is 46.3 Å². The second-order valence-electron chi connectivity index (χ2n) is 8.49. The number of esters is 1. The number of carbonyl (C=O) groups is 4. The van der Waals surface area contributed by atoms with E-state index in [1.807, 2.05) is 6.92 Å². The molecule has 10 heteroatoms. The number of hydrogen-bond acceptors (Lipinski definition) is 7. The summed E-state index contributed by atoms with van der Waals surface area (Å²) in [5, 5.41) is 2.98. The SMILES string of the molecule is CCN(CC(C)C(=O)OC)C(=O)c1cccc(NC(=O)CC2SC(N3CCCCC3)=NC2=O)c1. The molecular weight excluding hydrogens is 456 g/mol. The Labute approximate surface area is 204 Å². The van der Waals surface area contributed by atoms with Gasteiger partial charge in [-0.3, -0.25) is 19.2 Å². The van der Waals surface area contributed by atoms with Gasteiger partial charge in [0.15, 0.2) is 5.17 Å². The van der Waals surface area contributed by atoms with E-state index in [0.29, 0.717) is 17.8 Å². The van der Waals surface area contributed by atoms with Gasteiger partial charge in [0.05, 0.1) is 13.0 Å². The molecule has 2 aliphatic rings. The Morgan fingerprint density at radius 2 is 2.00 bits per heavy atom. The summed E-state index contributed by atoms with van der Waals surface area (Å²) < 4.78 is 4.75. The lowest BCUT2D eigenvalue weighted by Crippen LogP contribution is -2.37. The fourth-order valence-electron chi connectivity index (χ4n) is 3.98. The Balaban J connectivity index is 1.57. The molecule has 184 valence electrons. The molecule has 1 aromatic carbocycles. The van der Waals surface area contributed by atoms with E-state index in [2.05, 4.69) is 15.2 Å². The minimum Gasteiger partial charge on any atom is -0.469 e. The monoisotopic (exact) mass is 488 g/mol. The molecular formula is C24H32N4O5S. The van der Waals surface area contributed by atoms with Crippen LogP contribution in [0.3, 0.4) is 0 Å². The number of nitrogens with zero attached hydrogens (tertiary/aromatic N) is 3. The summed E-state index contributed by atoms with van der Waals surface area (Å²) in [5.41, 5.74) is 0.874. The Bertz CT molecular complexity index is 960. The summed E-state index contributed by atoms with van der Waals surface area (Å²) in [7, 11) is 1.32. The molecule has 34 heavy (non-hydrogen) atoms. The maximum atomic E-state index is 13.0. The van der Waals surface area contributed by atoms with Gasteiger partial charge in [-0.2, -0.15) is 4.99 Å². The molecule has 1 aromatic rings. The van der Waals surface area contributed by atoms with Crippen molar-refractivity contribution in [1.82, 2.24) is 9.80 Å². The molecule has 2 unspecified atom stereocenters. The number of benzene rings is 1. The van der Waals surface area contributed by atoms with E-state index in [-0.39, 0.29) is 36.7 Å². The molecule has 0 saturated carbocycles. The Hall–Kier alpha value is -2.88. The predicted octanol–water partition coefficient (Wildman–Crippen LogP) is 2.77. The van der Waals surface area contributed by atoms with Crippen LogP contribution >= 0.6 is 11.8 Å². The third-order valence-electron chi connectivity index (χ3n) is 5.89. The van der Waals surface area contributed by atoms with Crippen molar-refractivity contribution in [3.63, 3.8) is 0 Å². The zero-order valence-electron chi connectivity index (χ0n) is 19.9. The number of nitrogens with one attached hydrogen (secondary N) is 1. The van der Waals surface area contributed by atoms with Crippen LogP contribution < -0.4 is 5.32 Å². The Morgan fingerprint density at radius 1 is 1.26 bits per heavy atom. The number of anilines is 1. The first-order chi connectivity index (χ1) is 16.3. The molecule has 2 heterocycles. The average molecular weight is 489 g/mol. The van der Waals surface area contributed by atoms with E-state index >= 15 is 0 Å². The van der Waals surface area contributed by atoms with Crippen LogP contribution in [0.25, 0.3) is 0 Å². The van der Waals surface area contributed by atoms with Crippen molar-refractivity contribution in [2.24, 2.45) is 10.9 Å². The zero-order valence-corrected chi connectivity index (χ0v) is 20.7. The van der Waals surface area contributed by atoms with Gasteiger partial charge in [-0.1, -0.05) is 24.8 Å². The first-order valence-electron chi connectivity index (χ1n) is 11.6. The second-order valence-corrected chi connectivity index (χ2v) is 9.66. The number of hydrogen-bond donors (Lipinski definition) is 1. The number of ether oxygens (including phenoxy) is 1. The van der Waals surface area contributed by atoms with Gasteiger partial charge in [0.25, 0.3) is 11.8 Å². The minimum atomic E-state index is -0.530. The predicted molar refractivity (Wildman–Crippen MR) is 132 cm³/mol. The van der Waals surface area contributed by atoms with Crippen molar-refractivity contribution in [1.29, 1.82) is 0 Å². The molecule has 0 spiro atoms. The first kappa shape index (κ1) is 25.7. The third-order valence-corrected chi connectivity index (χ3v) is 7.10. The quantitative estimate of drug-likeness (QED) is 0.561. The van der Waals surface area contributed by atoms with Gasteiger partial charge in [0.1, 0.15) is 5.25 Å². The van der Waals surface area contributed by atoms with Crippen molar-refractivity contribution in [3.8, 4) is 0 Å². The third kappa shape index (κ3) is 6.59. The van der Waals surface area contributed by atoms with Crippen LogP contribution in [0.4, 0.5) is 5.69 Å². The van der Waals surface area contributed by atoms with E-state index in [1.165, 1.54) is 25.3 Å². The standard InChI is InChI=1S/C24H32N4O5S/c1-4-27(15-16(2)23(32)33-3)22(31)17-9-8-10-18(13-17)25-20(29)14-19-21(30)26-24(34-19)28-11-6-5-7-12-28/h8-10,13,16,19H,4-7,11-12,14-15H2,1-3H3,(H,25,29). The fraction of sp³-hybridized carbons (Fsp3) is 0.542. The van der Waals surface area contributed by atoms with E-state index < -0.39 is 11.2 Å². The lowest BCUT2D eigenvalue weighted by molar-refractivity contribution is -0.145. The number of rotatable bonds is 8. The number of piperidine rings is 1. The summed E-state index contributed by atoms with van der Waals surface area (Å²) in [6.45, 7) is 6.00. The lowest BCUT2D eigenvalue weighted by Gasteiger charge is -2.27. The molecule has 1 N–H and O–H groups in total. The molecule has 1 saturated heterocycles. The summed E-state index contributed by atoms with van der Waals surface area (Å²) in [4.78, 5) is 57.5. The van der Waals surface area contributed by atoms with Crippen LogP contribution in [0, 0.1) is 5.92 Å². The highest BCUT2D eigenvalue weighted by molar-refractivity contribution is 8.15. The molecule has 2 aliphatic heterocycles. The van der Waals surface area contributed by atoms with Crippen LogP contribution in [0.2, 0.25) is 0 Å². The molecule has 2 atom stereocenters. The molecule has 1 fully saturated rings. The molecule has 3 amide bonds. The average Bonchev–Trinajstić information content (AvgIpc) is 3.21. The maximum Gasteiger partial charge on any atom is 0.310 e. The van der Waals surface area contributed by atoms with Crippen LogP contribution in [0.15, 0.2) is 29.3 Å². The normalized spacial score (nSPS) is 18.8. The molecule has 0 aromatic heterocycles. The van der Waals surface area contributed by atoms with E-state index in [1.54, 1.807) is 36.1 Å². The molecule has 0 radical (unpaired) electrons. The highest BCUT2D eigenvalue weighted by atomic mass is 32.2. The minimum absolute atomic E-state index is 0.0141. The Morgan fingerprint density at radius 3 is 2.68 bits per heavy atom. The molecule has 0 aliphatic carbocycles. The Kier molecular flexibility index (Phi) is 9.09. The van der Waals surface area contributed by atoms with Crippen LogP contribution in [-0.2, 0) is 19.1 Å². The summed E-state index contributed by atoms with van der Waals surface area (Å²) in [6.07, 6.45) is 3.38. The summed E-state index contributed by atoms with van der Waals surface area (Å²) >= 11 is 1.36.